The van der Waals surface area contributed by atoms with Crippen LogP contribution < -0.4 is 10.1 Å². The Labute approximate surface area is 114 Å². The van der Waals surface area contributed by atoms with Gasteiger partial charge in [-0.05, 0) is 43.5 Å². The van der Waals surface area contributed by atoms with Gasteiger partial charge in [-0.2, -0.15) is 0 Å². The molecule has 1 heterocycles. The van der Waals surface area contributed by atoms with Gasteiger partial charge in [0.15, 0.2) is 0 Å². The third-order valence-electron chi connectivity index (χ3n) is 3.81. The second kappa shape index (κ2) is 6.26. The molecule has 0 aliphatic carbocycles. The molecule has 0 bridgehead atoms. The summed E-state index contributed by atoms with van der Waals surface area (Å²) in [6, 6.07) is 7.80. The van der Waals surface area contributed by atoms with Gasteiger partial charge in [0.25, 0.3) is 0 Å². The van der Waals surface area contributed by atoms with Crippen molar-refractivity contribution in [2.45, 2.75) is 37.8 Å². The first kappa shape index (κ1) is 14.2. The number of rotatable bonds is 5. The summed E-state index contributed by atoms with van der Waals surface area (Å²) in [5.41, 5.74) is 0.736. The quantitative estimate of drug-likeness (QED) is 0.858. The predicted molar refractivity (Wildman–Crippen MR) is 75.7 cm³/mol. The van der Waals surface area contributed by atoms with Crippen LogP contribution in [0.3, 0.4) is 0 Å². The number of anilines is 1. The van der Waals surface area contributed by atoms with E-state index >= 15 is 0 Å². The molecule has 19 heavy (non-hydrogen) atoms. The van der Waals surface area contributed by atoms with Crippen molar-refractivity contribution in [3.63, 3.8) is 0 Å². The lowest BCUT2D eigenvalue weighted by Crippen LogP contribution is -2.49. The van der Waals surface area contributed by atoms with E-state index in [0.717, 1.165) is 30.7 Å². The average Bonchev–Trinajstić information content (AvgIpc) is 2.48. The minimum Gasteiger partial charge on any atom is -0.497 e. The maximum Gasteiger partial charge on any atom is 0.119 e. The summed E-state index contributed by atoms with van der Waals surface area (Å²) in [4.78, 5) is 0. The van der Waals surface area contributed by atoms with E-state index in [1.54, 1.807) is 7.11 Å². The minimum absolute atomic E-state index is 0.124. The molecule has 1 fully saturated rings. The molecule has 106 valence electrons. The third-order valence-corrected chi connectivity index (χ3v) is 3.81. The summed E-state index contributed by atoms with van der Waals surface area (Å²) >= 11 is 0. The van der Waals surface area contributed by atoms with Crippen molar-refractivity contribution in [3.05, 3.63) is 24.3 Å². The number of hydrogen-bond acceptors (Lipinski definition) is 4. The Morgan fingerprint density at radius 1 is 1.42 bits per heavy atom. The van der Waals surface area contributed by atoms with Crippen molar-refractivity contribution >= 4 is 5.69 Å². The molecule has 4 heteroatoms. The van der Waals surface area contributed by atoms with Crippen LogP contribution in [0.1, 0.15) is 26.2 Å². The van der Waals surface area contributed by atoms with Crippen LogP contribution in [-0.2, 0) is 4.74 Å². The number of aliphatic hydroxyl groups excluding tert-OH is 1. The summed E-state index contributed by atoms with van der Waals surface area (Å²) in [6.45, 7) is 2.94. The molecule has 1 aliphatic heterocycles. The SMILES string of the molecule is CCC1CC(CO)(Nc2ccc(OC)cc2)CCO1. The Morgan fingerprint density at radius 2 is 2.16 bits per heavy atom. The zero-order valence-corrected chi connectivity index (χ0v) is 11.7. The van der Waals surface area contributed by atoms with E-state index in [2.05, 4.69) is 12.2 Å². The summed E-state index contributed by atoms with van der Waals surface area (Å²) in [5.74, 6) is 0.835. The fourth-order valence-corrected chi connectivity index (χ4v) is 2.56. The Kier molecular flexibility index (Phi) is 4.66. The van der Waals surface area contributed by atoms with Crippen molar-refractivity contribution in [1.82, 2.24) is 0 Å². The van der Waals surface area contributed by atoms with Crippen molar-refractivity contribution < 1.29 is 14.6 Å². The lowest BCUT2D eigenvalue weighted by molar-refractivity contribution is -0.0273. The Morgan fingerprint density at radius 3 is 2.74 bits per heavy atom. The first-order valence-corrected chi connectivity index (χ1v) is 6.86. The van der Waals surface area contributed by atoms with Crippen LogP contribution in [0.15, 0.2) is 24.3 Å². The fraction of sp³-hybridized carbons (Fsp3) is 0.600. The molecule has 0 saturated carbocycles. The zero-order chi connectivity index (χ0) is 13.7. The van der Waals surface area contributed by atoms with Crippen molar-refractivity contribution in [1.29, 1.82) is 0 Å². The fourth-order valence-electron chi connectivity index (χ4n) is 2.56. The van der Waals surface area contributed by atoms with E-state index in [4.69, 9.17) is 9.47 Å². The molecule has 1 saturated heterocycles. The first-order valence-electron chi connectivity index (χ1n) is 6.86. The Bertz CT molecular complexity index is 393. The van der Waals surface area contributed by atoms with Crippen LogP contribution in [0.5, 0.6) is 5.75 Å². The minimum atomic E-state index is -0.270. The van der Waals surface area contributed by atoms with Crippen LogP contribution in [0.2, 0.25) is 0 Å². The molecular weight excluding hydrogens is 242 g/mol. The summed E-state index contributed by atoms with van der Waals surface area (Å²) in [5, 5.41) is 13.2. The van der Waals surface area contributed by atoms with E-state index in [9.17, 15) is 5.11 Å². The molecular formula is C15H23NO3. The molecule has 2 unspecified atom stereocenters. The van der Waals surface area contributed by atoms with Crippen LogP contribution in [-0.4, -0.2) is 37.1 Å². The number of benzene rings is 1. The van der Waals surface area contributed by atoms with Crippen LogP contribution in [0.25, 0.3) is 0 Å². The highest BCUT2D eigenvalue weighted by molar-refractivity contribution is 5.48. The van der Waals surface area contributed by atoms with E-state index in [-0.39, 0.29) is 18.2 Å². The molecule has 0 radical (unpaired) electrons. The maximum atomic E-state index is 9.77. The lowest BCUT2D eigenvalue weighted by atomic mass is 9.86. The van der Waals surface area contributed by atoms with Crippen LogP contribution in [0, 0.1) is 0 Å². The Balaban J connectivity index is 2.08. The van der Waals surface area contributed by atoms with E-state index in [0.29, 0.717) is 6.61 Å². The van der Waals surface area contributed by atoms with Gasteiger partial charge in [-0.25, -0.2) is 0 Å². The summed E-state index contributed by atoms with van der Waals surface area (Å²) < 4.78 is 10.8. The van der Waals surface area contributed by atoms with Gasteiger partial charge in [0.2, 0.25) is 0 Å². The van der Waals surface area contributed by atoms with Crippen LogP contribution in [0.4, 0.5) is 5.69 Å². The number of nitrogens with one attached hydrogen (secondary N) is 1. The summed E-state index contributed by atoms with van der Waals surface area (Å²) in [7, 11) is 1.65. The number of hydrogen-bond donors (Lipinski definition) is 2. The van der Waals surface area contributed by atoms with Gasteiger partial charge < -0.3 is 19.9 Å². The highest BCUT2D eigenvalue weighted by atomic mass is 16.5. The van der Waals surface area contributed by atoms with E-state index in [1.807, 2.05) is 24.3 Å². The predicted octanol–water partition coefficient (Wildman–Crippen LogP) is 2.43. The van der Waals surface area contributed by atoms with Crippen LogP contribution >= 0.6 is 0 Å². The van der Waals surface area contributed by atoms with Gasteiger partial charge in [-0.1, -0.05) is 6.92 Å². The molecule has 0 spiro atoms. The van der Waals surface area contributed by atoms with E-state index < -0.39 is 0 Å². The standard InChI is InChI=1S/C15H23NO3/c1-3-13-10-15(11-17,8-9-19-13)16-12-4-6-14(18-2)7-5-12/h4-7,13,16-17H,3,8-11H2,1-2H3. The topological polar surface area (TPSA) is 50.7 Å². The second-order valence-electron chi connectivity index (χ2n) is 5.15. The molecule has 1 aromatic carbocycles. The largest absolute Gasteiger partial charge is 0.497 e. The van der Waals surface area contributed by atoms with E-state index in [1.165, 1.54) is 0 Å². The maximum absolute atomic E-state index is 9.77. The lowest BCUT2D eigenvalue weighted by Gasteiger charge is -2.41. The average molecular weight is 265 g/mol. The molecule has 1 aliphatic rings. The molecule has 2 atom stereocenters. The molecule has 0 aromatic heterocycles. The van der Waals surface area contributed by atoms with Gasteiger partial charge in [-0.3, -0.25) is 0 Å². The number of methoxy groups -OCH3 is 1. The van der Waals surface area contributed by atoms with Gasteiger partial charge in [0.05, 0.1) is 25.4 Å². The third kappa shape index (κ3) is 3.39. The van der Waals surface area contributed by atoms with Crippen molar-refractivity contribution in [2.24, 2.45) is 0 Å². The number of aliphatic hydroxyl groups is 1. The molecule has 2 rings (SSSR count). The normalized spacial score (nSPS) is 27.0. The zero-order valence-electron chi connectivity index (χ0n) is 11.7. The number of ether oxygens (including phenoxy) is 2. The highest BCUT2D eigenvalue weighted by Gasteiger charge is 2.35. The summed E-state index contributed by atoms with van der Waals surface area (Å²) in [6.07, 6.45) is 2.87. The molecule has 2 N–H and O–H groups in total. The monoisotopic (exact) mass is 265 g/mol. The smallest absolute Gasteiger partial charge is 0.119 e. The van der Waals surface area contributed by atoms with Crippen molar-refractivity contribution in [2.75, 3.05) is 25.6 Å². The first-order chi connectivity index (χ1) is 9.21. The van der Waals surface area contributed by atoms with Gasteiger partial charge in [-0.15, -0.1) is 0 Å². The van der Waals surface area contributed by atoms with Crippen molar-refractivity contribution in [3.8, 4) is 5.75 Å². The van der Waals surface area contributed by atoms with Gasteiger partial charge >= 0.3 is 0 Å². The molecule has 0 amide bonds. The molecule has 1 aromatic rings. The Hall–Kier alpha value is -1.26. The second-order valence-corrected chi connectivity index (χ2v) is 5.15. The van der Waals surface area contributed by atoms with Gasteiger partial charge in [0, 0.05) is 12.3 Å². The van der Waals surface area contributed by atoms with Gasteiger partial charge in [0.1, 0.15) is 5.75 Å². The highest BCUT2D eigenvalue weighted by Crippen LogP contribution is 2.30. The molecule has 4 nitrogen and oxygen atoms in total.